The van der Waals surface area contributed by atoms with Crippen LogP contribution in [0.15, 0.2) is 47.7 Å². The molecule has 3 aromatic heterocycles. The van der Waals surface area contributed by atoms with Crippen molar-refractivity contribution in [3.63, 3.8) is 0 Å². The molecule has 0 radical (unpaired) electrons. The van der Waals surface area contributed by atoms with E-state index >= 15 is 0 Å². The highest BCUT2D eigenvalue weighted by Gasteiger charge is 2.23. The Morgan fingerprint density at radius 3 is 2.71 bits per heavy atom. The van der Waals surface area contributed by atoms with Crippen molar-refractivity contribution >= 4 is 38.4 Å². The van der Waals surface area contributed by atoms with Crippen molar-refractivity contribution in [1.82, 2.24) is 24.3 Å². The van der Waals surface area contributed by atoms with Crippen LogP contribution in [0.25, 0.3) is 21.1 Å². The van der Waals surface area contributed by atoms with Crippen LogP contribution in [0.3, 0.4) is 0 Å². The monoisotopic (exact) mass is 487 g/mol. The first-order valence-corrected chi connectivity index (χ1v) is 13.3. The molecule has 8 heteroatoms. The zero-order chi connectivity index (χ0) is 23.8. The van der Waals surface area contributed by atoms with E-state index in [9.17, 15) is 9.59 Å². The van der Waals surface area contributed by atoms with Gasteiger partial charge in [-0.1, -0.05) is 24.3 Å². The maximum absolute atomic E-state index is 13.2. The van der Waals surface area contributed by atoms with Gasteiger partial charge in [-0.3, -0.25) is 24.0 Å². The third-order valence-electron chi connectivity index (χ3n) is 7.34. The first-order valence-electron chi connectivity index (χ1n) is 12.5. The van der Waals surface area contributed by atoms with Gasteiger partial charge in [0.2, 0.25) is 5.91 Å². The minimum Gasteiger partial charge on any atom is -0.340 e. The molecule has 1 saturated heterocycles. The van der Waals surface area contributed by atoms with Gasteiger partial charge in [-0.25, -0.2) is 4.98 Å². The summed E-state index contributed by atoms with van der Waals surface area (Å²) in [5, 5.41) is 1.95. The number of para-hydroxylation sites is 1. The molecule has 0 bridgehead atoms. The molecule has 1 fully saturated rings. The minimum absolute atomic E-state index is 0.00992. The Balaban J connectivity index is 1.07. The third-order valence-corrected chi connectivity index (χ3v) is 8.54. The number of carbonyl (C=O) groups excluding carboxylic acids is 1. The molecule has 0 unspecified atom stereocenters. The molecule has 1 aliphatic carbocycles. The van der Waals surface area contributed by atoms with Crippen LogP contribution in [0.5, 0.6) is 0 Å². The molecule has 4 aromatic rings. The summed E-state index contributed by atoms with van der Waals surface area (Å²) >= 11 is 1.66. The van der Waals surface area contributed by atoms with Crippen molar-refractivity contribution in [2.75, 3.05) is 26.2 Å². The van der Waals surface area contributed by atoms with Crippen molar-refractivity contribution in [1.29, 1.82) is 0 Å². The van der Waals surface area contributed by atoms with Gasteiger partial charge in [-0.05, 0) is 42.9 Å². The van der Waals surface area contributed by atoms with Gasteiger partial charge in [0.15, 0.2) is 0 Å². The number of hydrogen-bond donors (Lipinski definition) is 0. The second kappa shape index (κ2) is 9.51. The van der Waals surface area contributed by atoms with E-state index in [1.807, 2.05) is 17.2 Å². The van der Waals surface area contributed by atoms with Gasteiger partial charge in [0.25, 0.3) is 5.56 Å². The van der Waals surface area contributed by atoms with Crippen LogP contribution in [0, 0.1) is 0 Å². The summed E-state index contributed by atoms with van der Waals surface area (Å²) in [5.74, 6) is 0.107. The normalized spacial score (nSPS) is 16.6. The summed E-state index contributed by atoms with van der Waals surface area (Å²) in [5.41, 5.74) is 3.49. The number of fused-ring (bicyclic) bond motifs is 4. The van der Waals surface area contributed by atoms with Gasteiger partial charge in [-0.2, -0.15) is 0 Å². The average molecular weight is 488 g/mol. The van der Waals surface area contributed by atoms with Crippen molar-refractivity contribution in [2.45, 2.75) is 45.2 Å². The highest BCUT2D eigenvalue weighted by Crippen LogP contribution is 2.33. The fraction of sp³-hybridized carbons (Fsp3) is 0.407. The molecule has 35 heavy (non-hydrogen) atoms. The van der Waals surface area contributed by atoms with Crippen LogP contribution >= 0.6 is 11.3 Å². The predicted octanol–water partition coefficient (Wildman–Crippen LogP) is 3.62. The van der Waals surface area contributed by atoms with Crippen molar-refractivity contribution in [3.05, 3.63) is 69.2 Å². The number of carbonyl (C=O) groups is 1. The molecular formula is C27H29N5O2S. The molecule has 2 aliphatic rings. The Kier molecular flexibility index (Phi) is 6.08. The van der Waals surface area contributed by atoms with Crippen LogP contribution in [0.4, 0.5) is 0 Å². The molecule has 180 valence electrons. The largest absolute Gasteiger partial charge is 0.340 e. The number of nitrogens with zero attached hydrogens (tertiary/aromatic N) is 5. The number of rotatable bonds is 5. The SMILES string of the molecule is O=C(CCn1cnc2sc3c(c2c1=O)CCCC3)N1CCN(Cc2cccc3cccnc23)CC1. The average Bonchev–Trinajstić information content (AvgIpc) is 3.28. The van der Waals surface area contributed by atoms with E-state index in [2.05, 4.69) is 39.1 Å². The van der Waals surface area contributed by atoms with E-state index in [-0.39, 0.29) is 11.5 Å². The Bertz CT molecular complexity index is 1450. The summed E-state index contributed by atoms with van der Waals surface area (Å²) in [6, 6.07) is 10.4. The number of benzene rings is 1. The highest BCUT2D eigenvalue weighted by molar-refractivity contribution is 7.18. The van der Waals surface area contributed by atoms with Crippen molar-refractivity contribution in [2.24, 2.45) is 0 Å². The van der Waals surface area contributed by atoms with Gasteiger partial charge in [0, 0.05) is 62.1 Å². The maximum atomic E-state index is 13.2. The number of aromatic nitrogens is 3. The molecule has 1 amide bonds. The molecule has 6 rings (SSSR count). The van der Waals surface area contributed by atoms with Crippen LogP contribution in [0.2, 0.25) is 0 Å². The summed E-state index contributed by atoms with van der Waals surface area (Å²) in [6.45, 7) is 4.31. The van der Waals surface area contributed by atoms with E-state index in [1.54, 1.807) is 22.2 Å². The maximum Gasteiger partial charge on any atom is 0.262 e. The zero-order valence-corrected chi connectivity index (χ0v) is 20.6. The first kappa shape index (κ1) is 22.4. The smallest absolute Gasteiger partial charge is 0.262 e. The molecule has 4 heterocycles. The van der Waals surface area contributed by atoms with Crippen LogP contribution in [-0.2, 0) is 30.7 Å². The Morgan fingerprint density at radius 2 is 1.83 bits per heavy atom. The number of pyridine rings is 1. The van der Waals surface area contributed by atoms with E-state index in [4.69, 9.17) is 0 Å². The molecule has 0 N–H and O–H groups in total. The minimum atomic E-state index is 0.00992. The Hall–Kier alpha value is -3.10. The number of piperazine rings is 1. The quantitative estimate of drug-likeness (QED) is 0.430. The lowest BCUT2D eigenvalue weighted by molar-refractivity contribution is -0.133. The molecule has 1 aromatic carbocycles. The third kappa shape index (κ3) is 4.36. The fourth-order valence-electron chi connectivity index (χ4n) is 5.41. The Morgan fingerprint density at radius 1 is 1.00 bits per heavy atom. The number of amides is 1. The molecule has 0 saturated carbocycles. The number of thiophene rings is 1. The second-order valence-electron chi connectivity index (χ2n) is 9.53. The second-order valence-corrected chi connectivity index (χ2v) is 10.6. The van der Waals surface area contributed by atoms with Gasteiger partial charge in [0.1, 0.15) is 4.83 Å². The summed E-state index contributed by atoms with van der Waals surface area (Å²) in [7, 11) is 0. The lowest BCUT2D eigenvalue weighted by Gasteiger charge is -2.35. The molecule has 0 atom stereocenters. The zero-order valence-electron chi connectivity index (χ0n) is 19.8. The summed E-state index contributed by atoms with van der Waals surface area (Å²) < 4.78 is 1.63. The fourth-order valence-corrected chi connectivity index (χ4v) is 6.63. The summed E-state index contributed by atoms with van der Waals surface area (Å²) in [6.07, 6.45) is 8.13. The van der Waals surface area contributed by atoms with Gasteiger partial charge < -0.3 is 4.90 Å². The molecule has 0 spiro atoms. The van der Waals surface area contributed by atoms with E-state index < -0.39 is 0 Å². The molecular weight excluding hydrogens is 458 g/mol. The highest BCUT2D eigenvalue weighted by atomic mass is 32.1. The number of aryl methyl sites for hydroxylation is 3. The van der Waals surface area contributed by atoms with E-state index in [0.29, 0.717) is 26.1 Å². The number of hydrogen-bond acceptors (Lipinski definition) is 6. The molecule has 1 aliphatic heterocycles. The van der Waals surface area contributed by atoms with Crippen LogP contribution in [-0.4, -0.2) is 56.4 Å². The first-order chi connectivity index (χ1) is 17.2. The van der Waals surface area contributed by atoms with E-state index in [0.717, 1.165) is 60.0 Å². The topological polar surface area (TPSA) is 71.3 Å². The standard InChI is InChI=1S/C27H29N5O2S/c33-23(10-12-32-18-29-26-24(27(32)34)21-8-1-2-9-22(21)35-26)31-15-13-30(14-16-31)17-20-6-3-5-19-7-4-11-28-25(19)20/h3-7,11,18H,1-2,8-10,12-17H2. The lowest BCUT2D eigenvalue weighted by Crippen LogP contribution is -2.48. The Labute approximate surface area is 208 Å². The van der Waals surface area contributed by atoms with Crippen LogP contribution in [0.1, 0.15) is 35.3 Å². The molecule has 7 nitrogen and oxygen atoms in total. The van der Waals surface area contributed by atoms with Crippen molar-refractivity contribution in [3.8, 4) is 0 Å². The van der Waals surface area contributed by atoms with E-state index in [1.165, 1.54) is 22.4 Å². The van der Waals surface area contributed by atoms with Crippen LogP contribution < -0.4 is 5.56 Å². The lowest BCUT2D eigenvalue weighted by atomic mass is 9.97. The van der Waals surface area contributed by atoms with Gasteiger partial charge in [0.05, 0.1) is 17.2 Å². The van der Waals surface area contributed by atoms with Crippen molar-refractivity contribution < 1.29 is 4.79 Å². The predicted molar refractivity (Wildman–Crippen MR) is 139 cm³/mol. The van der Waals surface area contributed by atoms with Gasteiger partial charge >= 0.3 is 0 Å². The van der Waals surface area contributed by atoms with Gasteiger partial charge in [-0.15, -0.1) is 11.3 Å². The summed E-state index contributed by atoms with van der Waals surface area (Å²) in [4.78, 5) is 41.7.